The minimum Gasteiger partial charge on any atom is -0.475 e. The van der Waals surface area contributed by atoms with Crippen LogP contribution in [0, 0.1) is 6.92 Å². The maximum atomic E-state index is 10.8. The highest BCUT2D eigenvalue weighted by Crippen LogP contribution is 2.22. The summed E-state index contributed by atoms with van der Waals surface area (Å²) in [6.45, 7) is 2.31. The molecule has 2 unspecified atom stereocenters. The van der Waals surface area contributed by atoms with Gasteiger partial charge in [0, 0.05) is 18.7 Å². The van der Waals surface area contributed by atoms with Gasteiger partial charge < -0.3 is 19.6 Å². The Morgan fingerprint density at radius 3 is 2.94 bits per heavy atom. The Morgan fingerprint density at radius 1 is 1.61 bits per heavy atom. The Hall–Kier alpha value is -1.33. The summed E-state index contributed by atoms with van der Waals surface area (Å²) in [6, 6.07) is 2.20. The molecule has 1 fully saturated rings. The molecule has 1 aliphatic carbocycles. The van der Waals surface area contributed by atoms with E-state index in [0.29, 0.717) is 30.0 Å². The molecule has 0 saturated heterocycles. The van der Waals surface area contributed by atoms with Crippen molar-refractivity contribution in [3.63, 3.8) is 0 Å². The van der Waals surface area contributed by atoms with Crippen LogP contribution in [0.5, 0.6) is 0 Å². The summed E-state index contributed by atoms with van der Waals surface area (Å²) in [7, 11) is 1.74. The van der Waals surface area contributed by atoms with E-state index in [1.54, 1.807) is 20.1 Å². The first-order valence-electron chi connectivity index (χ1n) is 6.19. The van der Waals surface area contributed by atoms with Crippen molar-refractivity contribution in [2.45, 2.75) is 44.9 Å². The first-order valence-corrected chi connectivity index (χ1v) is 6.19. The predicted octanol–water partition coefficient (Wildman–Crippen LogP) is 1.94. The minimum atomic E-state index is -1.01. The number of carboxylic acid groups (broad SMARTS) is 1. The lowest BCUT2D eigenvalue weighted by molar-refractivity contribution is 0.0659. The monoisotopic (exact) mass is 253 g/mol. The Morgan fingerprint density at radius 2 is 2.39 bits per heavy atom. The van der Waals surface area contributed by atoms with Gasteiger partial charge in [0.15, 0.2) is 0 Å². The smallest absolute Gasteiger partial charge is 0.372 e. The van der Waals surface area contributed by atoms with Crippen molar-refractivity contribution >= 4 is 5.97 Å². The molecule has 0 aliphatic heterocycles. The summed E-state index contributed by atoms with van der Waals surface area (Å²) in [5.41, 5.74) is 0.667. The van der Waals surface area contributed by atoms with Gasteiger partial charge >= 0.3 is 5.97 Å². The van der Waals surface area contributed by atoms with Crippen molar-refractivity contribution in [3.05, 3.63) is 23.2 Å². The predicted molar refractivity (Wildman–Crippen MR) is 65.7 cm³/mol. The second-order valence-corrected chi connectivity index (χ2v) is 4.78. The number of ether oxygens (including phenoxy) is 1. The van der Waals surface area contributed by atoms with Crippen molar-refractivity contribution in [1.82, 2.24) is 5.32 Å². The number of carbonyl (C=O) groups is 1. The summed E-state index contributed by atoms with van der Waals surface area (Å²) in [4.78, 5) is 10.8. The number of methoxy groups -OCH3 is 1. The van der Waals surface area contributed by atoms with Crippen LogP contribution < -0.4 is 5.32 Å². The highest BCUT2D eigenvalue weighted by atomic mass is 16.5. The Bertz CT molecular complexity index is 427. The molecule has 1 heterocycles. The van der Waals surface area contributed by atoms with Gasteiger partial charge in [-0.2, -0.15) is 0 Å². The SMILES string of the molecule is COC1CCC(NCc2cc(C)c(C(=O)O)o2)C1. The first kappa shape index (κ1) is 13.1. The van der Waals surface area contributed by atoms with Crippen LogP contribution in [0.1, 0.15) is 41.1 Å². The molecule has 2 atom stereocenters. The number of rotatable bonds is 5. The molecule has 18 heavy (non-hydrogen) atoms. The zero-order valence-electron chi connectivity index (χ0n) is 10.7. The van der Waals surface area contributed by atoms with Gasteiger partial charge in [-0.25, -0.2) is 4.79 Å². The molecule has 1 aliphatic rings. The number of aromatic carboxylic acids is 1. The summed E-state index contributed by atoms with van der Waals surface area (Å²) >= 11 is 0. The van der Waals surface area contributed by atoms with Crippen LogP contribution in [0.2, 0.25) is 0 Å². The fourth-order valence-electron chi connectivity index (χ4n) is 2.43. The molecule has 5 nitrogen and oxygen atoms in total. The van der Waals surface area contributed by atoms with Crippen LogP contribution in [0.4, 0.5) is 0 Å². The molecular formula is C13H19NO4. The highest BCUT2D eigenvalue weighted by molar-refractivity contribution is 5.86. The van der Waals surface area contributed by atoms with E-state index in [2.05, 4.69) is 5.32 Å². The fraction of sp³-hybridized carbons (Fsp3) is 0.615. The van der Waals surface area contributed by atoms with Crippen LogP contribution >= 0.6 is 0 Å². The number of carboxylic acids is 1. The molecule has 2 rings (SSSR count). The van der Waals surface area contributed by atoms with E-state index in [1.165, 1.54) is 0 Å². The molecule has 1 saturated carbocycles. The Kier molecular flexibility index (Phi) is 4.04. The maximum absolute atomic E-state index is 10.8. The van der Waals surface area contributed by atoms with Crippen LogP contribution in [-0.2, 0) is 11.3 Å². The molecule has 2 N–H and O–H groups in total. The fourth-order valence-corrected chi connectivity index (χ4v) is 2.43. The zero-order valence-corrected chi connectivity index (χ0v) is 10.7. The molecule has 0 bridgehead atoms. The first-order chi connectivity index (χ1) is 8.60. The lowest BCUT2D eigenvalue weighted by Gasteiger charge is -2.11. The molecule has 1 aromatic heterocycles. The van der Waals surface area contributed by atoms with Crippen LogP contribution in [0.15, 0.2) is 10.5 Å². The Balaban J connectivity index is 1.87. The molecule has 0 aromatic carbocycles. The van der Waals surface area contributed by atoms with Gasteiger partial charge in [0.05, 0.1) is 12.6 Å². The average Bonchev–Trinajstić information content (AvgIpc) is 2.92. The summed E-state index contributed by atoms with van der Waals surface area (Å²) < 4.78 is 10.6. The van der Waals surface area contributed by atoms with Crippen LogP contribution in [0.3, 0.4) is 0 Å². The number of nitrogens with one attached hydrogen (secondary N) is 1. The number of furan rings is 1. The maximum Gasteiger partial charge on any atom is 0.372 e. The summed E-state index contributed by atoms with van der Waals surface area (Å²) in [5.74, 6) is -0.308. The van der Waals surface area contributed by atoms with E-state index < -0.39 is 5.97 Å². The molecule has 1 aromatic rings. The normalized spacial score (nSPS) is 23.4. The molecule has 0 amide bonds. The standard InChI is InChI=1S/C13H19NO4/c1-8-5-11(18-12(8)13(15)16)7-14-9-3-4-10(6-9)17-2/h5,9-10,14H,3-4,6-7H2,1-2H3,(H,15,16). The van der Waals surface area contributed by atoms with E-state index >= 15 is 0 Å². The molecule has 0 radical (unpaired) electrons. The lowest BCUT2D eigenvalue weighted by atomic mass is 10.2. The molecule has 100 valence electrons. The molecular weight excluding hydrogens is 234 g/mol. The van der Waals surface area contributed by atoms with Crippen molar-refractivity contribution in [2.24, 2.45) is 0 Å². The van der Waals surface area contributed by atoms with E-state index in [9.17, 15) is 4.79 Å². The van der Waals surface area contributed by atoms with Gasteiger partial charge in [0.25, 0.3) is 0 Å². The quantitative estimate of drug-likeness (QED) is 0.839. The van der Waals surface area contributed by atoms with E-state index in [4.69, 9.17) is 14.3 Å². The van der Waals surface area contributed by atoms with Crippen molar-refractivity contribution in [3.8, 4) is 0 Å². The van der Waals surface area contributed by atoms with Crippen LogP contribution in [-0.4, -0.2) is 30.3 Å². The van der Waals surface area contributed by atoms with E-state index in [-0.39, 0.29) is 5.76 Å². The molecule has 5 heteroatoms. The largest absolute Gasteiger partial charge is 0.475 e. The van der Waals surface area contributed by atoms with Crippen molar-refractivity contribution in [2.75, 3.05) is 7.11 Å². The summed E-state index contributed by atoms with van der Waals surface area (Å²) in [6.07, 6.45) is 3.51. The van der Waals surface area contributed by atoms with Gasteiger partial charge in [-0.3, -0.25) is 0 Å². The lowest BCUT2D eigenvalue weighted by Crippen LogP contribution is -2.26. The zero-order chi connectivity index (χ0) is 13.1. The van der Waals surface area contributed by atoms with Crippen molar-refractivity contribution < 1.29 is 19.1 Å². The third kappa shape index (κ3) is 2.91. The average molecular weight is 253 g/mol. The van der Waals surface area contributed by atoms with Gasteiger partial charge in [0.1, 0.15) is 5.76 Å². The third-order valence-corrected chi connectivity index (χ3v) is 3.45. The third-order valence-electron chi connectivity index (χ3n) is 3.45. The summed E-state index contributed by atoms with van der Waals surface area (Å²) in [5, 5.41) is 12.3. The second-order valence-electron chi connectivity index (χ2n) is 4.78. The Labute approximate surface area is 106 Å². The van der Waals surface area contributed by atoms with E-state index in [1.807, 2.05) is 0 Å². The number of hydrogen-bond acceptors (Lipinski definition) is 4. The second kappa shape index (κ2) is 5.54. The minimum absolute atomic E-state index is 0.0352. The highest BCUT2D eigenvalue weighted by Gasteiger charge is 2.24. The van der Waals surface area contributed by atoms with Crippen molar-refractivity contribution in [1.29, 1.82) is 0 Å². The van der Waals surface area contributed by atoms with Crippen LogP contribution in [0.25, 0.3) is 0 Å². The molecule has 0 spiro atoms. The number of hydrogen-bond donors (Lipinski definition) is 2. The van der Waals surface area contributed by atoms with Gasteiger partial charge in [-0.05, 0) is 32.3 Å². The van der Waals surface area contributed by atoms with Gasteiger partial charge in [-0.1, -0.05) is 0 Å². The van der Waals surface area contributed by atoms with E-state index in [0.717, 1.165) is 19.3 Å². The topological polar surface area (TPSA) is 71.7 Å². The van der Waals surface area contributed by atoms with Gasteiger partial charge in [-0.15, -0.1) is 0 Å². The number of aryl methyl sites for hydroxylation is 1. The van der Waals surface area contributed by atoms with Gasteiger partial charge in [0.2, 0.25) is 5.76 Å².